The van der Waals surface area contributed by atoms with E-state index in [1.165, 1.54) is 0 Å². The molecular weight excluding hydrogens is 228 g/mol. The van der Waals surface area contributed by atoms with Crippen LogP contribution in [0.3, 0.4) is 0 Å². The first-order valence-corrected chi connectivity index (χ1v) is 6.48. The number of rotatable bonds is 4. The van der Waals surface area contributed by atoms with Crippen molar-refractivity contribution in [2.75, 3.05) is 5.32 Å². The first-order chi connectivity index (χ1) is 8.36. The van der Waals surface area contributed by atoms with Crippen LogP contribution in [0.2, 0.25) is 0 Å². The van der Waals surface area contributed by atoms with E-state index >= 15 is 0 Å². The van der Waals surface area contributed by atoms with Crippen molar-refractivity contribution in [1.29, 1.82) is 0 Å². The molecular formula is C13H22N4O. The molecule has 1 unspecified atom stereocenters. The summed E-state index contributed by atoms with van der Waals surface area (Å²) in [7, 11) is 0. The molecule has 0 aliphatic heterocycles. The molecule has 0 aromatic carbocycles. The van der Waals surface area contributed by atoms with Gasteiger partial charge in [0.05, 0.1) is 17.4 Å². The molecule has 1 aromatic rings. The van der Waals surface area contributed by atoms with Gasteiger partial charge in [0.1, 0.15) is 6.04 Å². The average Bonchev–Trinajstić information content (AvgIpc) is 2.92. The summed E-state index contributed by atoms with van der Waals surface area (Å²) in [5.41, 5.74) is 0.836. The van der Waals surface area contributed by atoms with Gasteiger partial charge in [0, 0.05) is 12.2 Å². The van der Waals surface area contributed by atoms with Crippen LogP contribution in [0.4, 0.5) is 5.69 Å². The first-order valence-electron chi connectivity index (χ1n) is 6.48. The van der Waals surface area contributed by atoms with Crippen molar-refractivity contribution in [2.24, 2.45) is 0 Å². The molecule has 5 heteroatoms. The van der Waals surface area contributed by atoms with Crippen LogP contribution in [0, 0.1) is 0 Å². The van der Waals surface area contributed by atoms with Crippen LogP contribution in [0.5, 0.6) is 0 Å². The third kappa shape index (κ3) is 3.24. The molecule has 2 rings (SSSR count). The number of nitrogens with zero attached hydrogens (tertiary/aromatic N) is 2. The van der Waals surface area contributed by atoms with E-state index in [0.29, 0.717) is 6.04 Å². The van der Waals surface area contributed by atoms with Gasteiger partial charge in [-0.15, -0.1) is 0 Å². The summed E-state index contributed by atoms with van der Waals surface area (Å²) in [5.74, 6) is 0.0565. The lowest BCUT2D eigenvalue weighted by Gasteiger charge is -2.19. The van der Waals surface area contributed by atoms with Gasteiger partial charge >= 0.3 is 0 Å². The maximum absolute atomic E-state index is 11.8. The molecule has 1 saturated carbocycles. The maximum Gasteiger partial charge on any atom is 0.242 e. The lowest BCUT2D eigenvalue weighted by atomic mass is 10.1. The van der Waals surface area contributed by atoms with Crippen molar-refractivity contribution in [3.8, 4) is 0 Å². The normalized spacial score (nSPS) is 17.3. The van der Waals surface area contributed by atoms with Crippen molar-refractivity contribution in [2.45, 2.75) is 58.2 Å². The van der Waals surface area contributed by atoms with E-state index in [0.717, 1.165) is 18.5 Å². The number of hydrogen-bond acceptors (Lipinski definition) is 3. The zero-order valence-electron chi connectivity index (χ0n) is 11.5. The van der Waals surface area contributed by atoms with Gasteiger partial charge in [-0.2, -0.15) is 5.10 Å². The Morgan fingerprint density at radius 3 is 2.67 bits per heavy atom. The van der Waals surface area contributed by atoms with Gasteiger partial charge in [0.15, 0.2) is 0 Å². The minimum Gasteiger partial charge on any atom is -0.371 e. The molecule has 18 heavy (non-hydrogen) atoms. The van der Waals surface area contributed by atoms with E-state index in [1.54, 1.807) is 6.20 Å². The third-order valence-corrected chi connectivity index (χ3v) is 2.97. The Morgan fingerprint density at radius 1 is 1.50 bits per heavy atom. The van der Waals surface area contributed by atoms with Crippen molar-refractivity contribution in [1.82, 2.24) is 15.1 Å². The van der Waals surface area contributed by atoms with Crippen LogP contribution < -0.4 is 10.6 Å². The van der Waals surface area contributed by atoms with Crippen LogP contribution in [-0.4, -0.2) is 27.8 Å². The van der Waals surface area contributed by atoms with Crippen LogP contribution in [0.25, 0.3) is 0 Å². The highest BCUT2D eigenvalue weighted by Gasteiger charge is 2.25. The molecule has 0 saturated heterocycles. The smallest absolute Gasteiger partial charge is 0.242 e. The molecule has 0 spiro atoms. The van der Waals surface area contributed by atoms with Gasteiger partial charge in [-0.3, -0.25) is 9.48 Å². The number of carbonyl (C=O) groups excluding carboxylic acids is 1. The largest absolute Gasteiger partial charge is 0.371 e. The van der Waals surface area contributed by atoms with E-state index in [2.05, 4.69) is 36.5 Å². The zero-order valence-corrected chi connectivity index (χ0v) is 11.5. The fourth-order valence-electron chi connectivity index (χ4n) is 1.63. The quantitative estimate of drug-likeness (QED) is 0.855. The Kier molecular flexibility index (Phi) is 3.32. The van der Waals surface area contributed by atoms with E-state index in [1.807, 2.05) is 17.8 Å². The summed E-state index contributed by atoms with van der Waals surface area (Å²) in [6.07, 6.45) is 5.91. The highest BCUT2D eigenvalue weighted by atomic mass is 16.2. The van der Waals surface area contributed by atoms with Crippen molar-refractivity contribution >= 4 is 11.6 Å². The molecule has 1 amide bonds. The second-order valence-corrected chi connectivity index (χ2v) is 5.99. The number of amides is 1. The van der Waals surface area contributed by atoms with Gasteiger partial charge in [0.2, 0.25) is 5.91 Å². The van der Waals surface area contributed by atoms with Gasteiger partial charge in [-0.05, 0) is 40.5 Å². The maximum atomic E-state index is 11.8. The van der Waals surface area contributed by atoms with Crippen LogP contribution in [-0.2, 0) is 10.3 Å². The lowest BCUT2D eigenvalue weighted by molar-refractivity contribution is -0.121. The second kappa shape index (κ2) is 4.63. The highest BCUT2D eigenvalue weighted by molar-refractivity contribution is 5.84. The second-order valence-electron chi connectivity index (χ2n) is 5.99. The van der Waals surface area contributed by atoms with Crippen molar-refractivity contribution < 1.29 is 4.79 Å². The molecule has 0 radical (unpaired) electrons. The molecule has 1 aliphatic rings. The molecule has 100 valence electrons. The predicted molar refractivity (Wildman–Crippen MR) is 71.5 cm³/mol. The average molecular weight is 250 g/mol. The van der Waals surface area contributed by atoms with E-state index < -0.39 is 0 Å². The van der Waals surface area contributed by atoms with Crippen molar-refractivity contribution in [3.05, 3.63) is 12.4 Å². The standard InChI is InChI=1S/C13H22N4O/c1-9(12(18)16-10-5-6-10)15-11-7-14-17(8-11)13(2,3)4/h7-10,15H,5-6H2,1-4H3,(H,16,18). The number of aromatic nitrogens is 2. The number of anilines is 1. The van der Waals surface area contributed by atoms with Crippen LogP contribution in [0.15, 0.2) is 12.4 Å². The van der Waals surface area contributed by atoms with Gasteiger partial charge < -0.3 is 10.6 Å². The summed E-state index contributed by atoms with van der Waals surface area (Å²) in [6.45, 7) is 8.14. The molecule has 1 aromatic heterocycles. The van der Waals surface area contributed by atoms with E-state index in [-0.39, 0.29) is 17.5 Å². The first kappa shape index (κ1) is 12.9. The summed E-state index contributed by atoms with van der Waals surface area (Å²) >= 11 is 0. The summed E-state index contributed by atoms with van der Waals surface area (Å²) in [5, 5.41) is 10.4. The molecule has 1 fully saturated rings. The highest BCUT2D eigenvalue weighted by Crippen LogP contribution is 2.19. The van der Waals surface area contributed by atoms with E-state index in [9.17, 15) is 4.79 Å². The molecule has 1 aliphatic carbocycles. The lowest BCUT2D eigenvalue weighted by Crippen LogP contribution is -2.38. The monoisotopic (exact) mass is 250 g/mol. The Balaban J connectivity index is 1.91. The summed E-state index contributed by atoms with van der Waals surface area (Å²) < 4.78 is 1.89. The number of nitrogens with one attached hydrogen (secondary N) is 2. The number of hydrogen-bond donors (Lipinski definition) is 2. The molecule has 5 nitrogen and oxygen atoms in total. The predicted octanol–water partition coefficient (Wildman–Crippen LogP) is 1.72. The molecule has 2 N–H and O–H groups in total. The molecule has 0 bridgehead atoms. The fraction of sp³-hybridized carbons (Fsp3) is 0.692. The fourth-order valence-corrected chi connectivity index (χ4v) is 1.63. The summed E-state index contributed by atoms with van der Waals surface area (Å²) in [6, 6.07) is 0.169. The minimum atomic E-state index is -0.233. The Labute approximate surface area is 108 Å². The van der Waals surface area contributed by atoms with Gasteiger partial charge in [-0.25, -0.2) is 0 Å². The van der Waals surface area contributed by atoms with E-state index in [4.69, 9.17) is 0 Å². The Morgan fingerprint density at radius 2 is 2.17 bits per heavy atom. The van der Waals surface area contributed by atoms with Crippen LogP contribution in [0.1, 0.15) is 40.5 Å². The summed E-state index contributed by atoms with van der Waals surface area (Å²) in [4.78, 5) is 11.8. The Bertz CT molecular complexity index is 428. The van der Waals surface area contributed by atoms with Crippen LogP contribution >= 0.6 is 0 Å². The Hall–Kier alpha value is -1.52. The third-order valence-electron chi connectivity index (χ3n) is 2.97. The van der Waals surface area contributed by atoms with Gasteiger partial charge in [0.25, 0.3) is 0 Å². The topological polar surface area (TPSA) is 59.0 Å². The minimum absolute atomic E-state index is 0.0422. The number of carbonyl (C=O) groups is 1. The zero-order chi connectivity index (χ0) is 13.3. The van der Waals surface area contributed by atoms with Crippen molar-refractivity contribution in [3.63, 3.8) is 0 Å². The molecule has 1 atom stereocenters. The SMILES string of the molecule is CC(Nc1cnn(C(C)(C)C)c1)C(=O)NC1CC1. The van der Waals surface area contributed by atoms with Gasteiger partial charge in [-0.1, -0.05) is 0 Å². The molecule has 1 heterocycles.